The van der Waals surface area contributed by atoms with Crippen LogP contribution >= 0.6 is 23.5 Å². The summed E-state index contributed by atoms with van der Waals surface area (Å²) in [5.41, 5.74) is 0.453. The van der Waals surface area contributed by atoms with Gasteiger partial charge in [0.25, 0.3) is 0 Å². The maximum absolute atomic E-state index is 11.4. The number of thioether (sulfide) groups is 2. The molecule has 1 aliphatic heterocycles. The molecule has 0 bridgehead atoms. The molecule has 2 heterocycles. The van der Waals surface area contributed by atoms with Crippen molar-refractivity contribution in [2.75, 3.05) is 6.26 Å². The lowest BCUT2D eigenvalue weighted by molar-refractivity contribution is -0.107. The predicted octanol–water partition coefficient (Wildman–Crippen LogP) is 2.61. The lowest BCUT2D eigenvalue weighted by atomic mass is 10.3. The smallest absolute Gasteiger partial charge is 0.244 e. The van der Waals surface area contributed by atoms with Crippen molar-refractivity contribution in [3.63, 3.8) is 0 Å². The molecule has 1 aromatic heterocycles. The van der Waals surface area contributed by atoms with Gasteiger partial charge < -0.3 is 4.42 Å². The molecule has 2 rings (SSSR count). The Morgan fingerprint density at radius 1 is 1.64 bits per heavy atom. The quantitative estimate of drug-likeness (QED) is 0.689. The molecule has 0 amide bonds. The van der Waals surface area contributed by atoms with Crippen molar-refractivity contribution < 1.29 is 9.21 Å². The van der Waals surface area contributed by atoms with E-state index in [1.165, 1.54) is 11.8 Å². The highest BCUT2D eigenvalue weighted by molar-refractivity contribution is 8.45. The third-order valence-corrected chi connectivity index (χ3v) is 3.45. The maximum Gasteiger partial charge on any atom is 0.244 e. The van der Waals surface area contributed by atoms with Crippen LogP contribution in [0.3, 0.4) is 0 Å². The molecular formula is C9H7NO2S2. The largest absolute Gasteiger partial charge is 0.465 e. The first kappa shape index (κ1) is 9.61. The monoisotopic (exact) mass is 225 g/mol. The molecule has 0 fully saturated rings. The standard InChI is InChI=1S/C9H7NO2S2/c1-13-9-10-7(8(11)14-9)5-6-3-2-4-12-6/h2-5H,1H3/b7-5-. The summed E-state index contributed by atoms with van der Waals surface area (Å²) in [5.74, 6) is 0.653. The van der Waals surface area contributed by atoms with Crippen LogP contribution in [0.25, 0.3) is 6.08 Å². The maximum atomic E-state index is 11.4. The van der Waals surface area contributed by atoms with Gasteiger partial charge >= 0.3 is 0 Å². The highest BCUT2D eigenvalue weighted by Gasteiger charge is 2.21. The molecule has 3 nitrogen and oxygen atoms in total. The van der Waals surface area contributed by atoms with Crippen LogP contribution in [0.4, 0.5) is 0 Å². The van der Waals surface area contributed by atoms with Crippen molar-refractivity contribution in [3.05, 3.63) is 29.9 Å². The fourth-order valence-electron chi connectivity index (χ4n) is 0.985. The summed E-state index contributed by atoms with van der Waals surface area (Å²) in [6.45, 7) is 0. The zero-order chi connectivity index (χ0) is 9.97. The minimum atomic E-state index is -0.0225. The van der Waals surface area contributed by atoms with Crippen molar-refractivity contribution in [1.82, 2.24) is 0 Å². The fourth-order valence-corrected chi connectivity index (χ4v) is 2.25. The van der Waals surface area contributed by atoms with E-state index in [9.17, 15) is 4.79 Å². The van der Waals surface area contributed by atoms with E-state index in [0.29, 0.717) is 11.5 Å². The van der Waals surface area contributed by atoms with Gasteiger partial charge in [-0.15, -0.1) is 11.8 Å². The number of aliphatic imine (C=N–C) groups is 1. The number of hydrogen-bond acceptors (Lipinski definition) is 5. The van der Waals surface area contributed by atoms with Gasteiger partial charge in [0.1, 0.15) is 15.8 Å². The van der Waals surface area contributed by atoms with Crippen LogP contribution in [-0.2, 0) is 4.79 Å². The number of carbonyl (C=O) groups is 1. The average Bonchev–Trinajstić information content (AvgIpc) is 2.78. The van der Waals surface area contributed by atoms with Crippen molar-refractivity contribution in [2.24, 2.45) is 4.99 Å². The molecule has 1 aliphatic rings. The third-order valence-electron chi connectivity index (χ3n) is 1.60. The molecule has 0 radical (unpaired) electrons. The van der Waals surface area contributed by atoms with Crippen LogP contribution in [0.1, 0.15) is 5.76 Å². The van der Waals surface area contributed by atoms with Crippen LogP contribution in [0.2, 0.25) is 0 Å². The van der Waals surface area contributed by atoms with Gasteiger partial charge in [0.05, 0.1) is 6.26 Å². The van der Waals surface area contributed by atoms with E-state index in [-0.39, 0.29) is 5.12 Å². The average molecular weight is 225 g/mol. The summed E-state index contributed by atoms with van der Waals surface area (Å²) in [4.78, 5) is 15.6. The fraction of sp³-hybridized carbons (Fsp3) is 0.111. The van der Waals surface area contributed by atoms with Gasteiger partial charge in [-0.3, -0.25) is 4.79 Å². The summed E-state index contributed by atoms with van der Waals surface area (Å²) < 4.78 is 5.88. The molecule has 0 N–H and O–H groups in total. The van der Waals surface area contributed by atoms with E-state index >= 15 is 0 Å². The second-order valence-corrected chi connectivity index (χ2v) is 4.53. The van der Waals surface area contributed by atoms with Crippen molar-refractivity contribution in [2.45, 2.75) is 0 Å². The molecular weight excluding hydrogens is 218 g/mol. The minimum absolute atomic E-state index is 0.0225. The van der Waals surface area contributed by atoms with Gasteiger partial charge in [0, 0.05) is 6.08 Å². The Morgan fingerprint density at radius 3 is 3.07 bits per heavy atom. The molecule has 0 unspecified atom stereocenters. The number of hydrogen-bond donors (Lipinski definition) is 0. The zero-order valence-electron chi connectivity index (χ0n) is 7.39. The first-order valence-corrected chi connectivity index (χ1v) is 5.94. The molecule has 0 saturated carbocycles. The van der Waals surface area contributed by atoms with E-state index in [1.807, 2.05) is 6.26 Å². The Morgan fingerprint density at radius 2 is 2.50 bits per heavy atom. The molecule has 72 valence electrons. The molecule has 0 atom stereocenters. The molecule has 5 heteroatoms. The van der Waals surface area contributed by atoms with Crippen LogP contribution in [0.5, 0.6) is 0 Å². The van der Waals surface area contributed by atoms with Crippen LogP contribution in [0, 0.1) is 0 Å². The second kappa shape index (κ2) is 4.06. The molecule has 0 saturated heterocycles. The van der Waals surface area contributed by atoms with E-state index < -0.39 is 0 Å². The number of rotatable bonds is 1. The Hall–Kier alpha value is -0.940. The number of carbonyl (C=O) groups excluding carboxylic acids is 1. The molecule has 14 heavy (non-hydrogen) atoms. The van der Waals surface area contributed by atoms with Gasteiger partial charge in [0.2, 0.25) is 5.12 Å². The van der Waals surface area contributed by atoms with E-state index in [2.05, 4.69) is 4.99 Å². The highest BCUT2D eigenvalue weighted by Crippen LogP contribution is 2.29. The van der Waals surface area contributed by atoms with Crippen molar-refractivity contribution in [1.29, 1.82) is 0 Å². The normalized spacial score (nSPS) is 19.1. The Kier molecular flexibility index (Phi) is 2.79. The lowest BCUT2D eigenvalue weighted by Gasteiger charge is -1.86. The summed E-state index contributed by atoms with van der Waals surface area (Å²) in [6, 6.07) is 3.57. The van der Waals surface area contributed by atoms with Gasteiger partial charge in [-0.2, -0.15) is 0 Å². The lowest BCUT2D eigenvalue weighted by Crippen LogP contribution is -1.86. The summed E-state index contributed by atoms with van der Waals surface area (Å²) in [6.07, 6.45) is 5.12. The van der Waals surface area contributed by atoms with Crippen molar-refractivity contribution >= 4 is 39.1 Å². The molecule has 0 aromatic carbocycles. The second-order valence-electron chi connectivity index (χ2n) is 2.52. The third kappa shape index (κ3) is 1.93. The highest BCUT2D eigenvalue weighted by atomic mass is 32.2. The summed E-state index contributed by atoms with van der Waals surface area (Å²) in [5, 5.41) is -0.0225. The summed E-state index contributed by atoms with van der Waals surface area (Å²) >= 11 is 2.63. The Balaban J connectivity index is 2.27. The van der Waals surface area contributed by atoms with Crippen LogP contribution in [0.15, 0.2) is 33.5 Å². The Bertz CT molecular complexity index is 406. The van der Waals surface area contributed by atoms with Gasteiger partial charge in [-0.1, -0.05) is 0 Å². The van der Waals surface area contributed by atoms with Gasteiger partial charge in [-0.25, -0.2) is 4.99 Å². The molecule has 1 aromatic rings. The summed E-state index contributed by atoms with van der Waals surface area (Å²) in [7, 11) is 0. The predicted molar refractivity (Wildman–Crippen MR) is 60.2 cm³/mol. The minimum Gasteiger partial charge on any atom is -0.465 e. The van der Waals surface area contributed by atoms with E-state index in [0.717, 1.165) is 16.1 Å². The zero-order valence-corrected chi connectivity index (χ0v) is 9.02. The van der Waals surface area contributed by atoms with E-state index in [1.54, 1.807) is 24.5 Å². The first-order valence-electron chi connectivity index (χ1n) is 3.89. The van der Waals surface area contributed by atoms with Crippen LogP contribution < -0.4 is 0 Å². The first-order chi connectivity index (χ1) is 6.79. The van der Waals surface area contributed by atoms with Crippen molar-refractivity contribution in [3.8, 4) is 0 Å². The van der Waals surface area contributed by atoms with E-state index in [4.69, 9.17) is 4.42 Å². The molecule has 0 aliphatic carbocycles. The molecule has 0 spiro atoms. The number of furan rings is 1. The van der Waals surface area contributed by atoms with Gasteiger partial charge in [0.15, 0.2) is 0 Å². The van der Waals surface area contributed by atoms with Crippen LogP contribution in [-0.4, -0.2) is 15.7 Å². The van der Waals surface area contributed by atoms with Gasteiger partial charge in [-0.05, 0) is 30.2 Å². The SMILES string of the molecule is CSC1=N/C(=C\c2ccco2)C(=O)S1. The topological polar surface area (TPSA) is 42.6 Å². The number of nitrogens with zero attached hydrogens (tertiary/aromatic N) is 1. The Labute approximate surface area is 89.7 Å².